The number of rotatable bonds is 19. The fourth-order valence-corrected chi connectivity index (χ4v) is 11.8. The summed E-state index contributed by atoms with van der Waals surface area (Å²) in [5.41, 5.74) is 0. The molecule has 0 aromatic carbocycles. The molecule has 2 heterocycles. The summed E-state index contributed by atoms with van der Waals surface area (Å²) < 4.78 is 25.8. The number of carbonyl (C=O) groups is 1. The largest absolute Gasteiger partial charge is 0.391 e. The van der Waals surface area contributed by atoms with Crippen LogP contribution < -0.4 is 5.32 Å². The second-order valence-electron chi connectivity index (χ2n) is 14.4. The van der Waals surface area contributed by atoms with Crippen LogP contribution >= 0.6 is 0 Å². The Morgan fingerprint density at radius 2 is 1.35 bits per heavy atom. The Morgan fingerprint density at radius 1 is 0.825 bits per heavy atom. The Labute approximate surface area is 248 Å². The highest BCUT2D eigenvalue weighted by Crippen LogP contribution is 2.55. The molecule has 2 aliphatic heterocycles. The summed E-state index contributed by atoms with van der Waals surface area (Å²) in [6, 6.07) is 0. The van der Waals surface area contributed by atoms with Crippen molar-refractivity contribution in [1.82, 2.24) is 5.32 Å². The van der Waals surface area contributed by atoms with E-state index in [0.29, 0.717) is 19.6 Å². The molecule has 0 aliphatic carbocycles. The third-order valence-electron chi connectivity index (χ3n) is 8.90. The van der Waals surface area contributed by atoms with Gasteiger partial charge >= 0.3 is 8.56 Å². The summed E-state index contributed by atoms with van der Waals surface area (Å²) in [5, 5.41) is 2.98. The molecule has 7 heteroatoms. The lowest BCUT2D eigenvalue weighted by atomic mass is 10.0. The molecule has 0 aromatic heterocycles. The van der Waals surface area contributed by atoms with E-state index in [1.165, 1.54) is 70.6 Å². The standard InChI is InChI=1S/C33H65NO5Si/c1-9-10-11-12-13-14-15-16-17-18-19-20-21-24-29(35)34-25-22-23-27-30(36-8)31-28(38-27)26-37-40(39-31,32(2,3)4)33(5,6)7/h27-28,30-31H,9-26H2,1-8H3,(H,34,35)/t27-,28+,30-,31+/m0/s1. The monoisotopic (exact) mass is 583 g/mol. The second-order valence-corrected chi connectivity index (χ2v) is 19.2. The van der Waals surface area contributed by atoms with E-state index in [0.717, 1.165) is 25.7 Å². The fourth-order valence-electron chi connectivity index (χ4n) is 6.86. The number of hydrogen-bond acceptors (Lipinski definition) is 5. The molecule has 1 amide bonds. The third kappa shape index (κ3) is 10.7. The highest BCUT2D eigenvalue weighted by molar-refractivity contribution is 6.73. The van der Waals surface area contributed by atoms with Gasteiger partial charge in [0.15, 0.2) is 0 Å². The number of methoxy groups -OCH3 is 1. The summed E-state index contributed by atoms with van der Waals surface area (Å²) in [6.07, 6.45) is 19.2. The van der Waals surface area contributed by atoms with Crippen molar-refractivity contribution in [1.29, 1.82) is 0 Å². The topological polar surface area (TPSA) is 66.0 Å². The van der Waals surface area contributed by atoms with Crippen LogP contribution in [0.25, 0.3) is 0 Å². The van der Waals surface area contributed by atoms with Gasteiger partial charge in [-0.3, -0.25) is 4.79 Å². The molecule has 1 N–H and O–H groups in total. The van der Waals surface area contributed by atoms with Crippen LogP contribution in [-0.4, -0.2) is 59.1 Å². The molecule has 0 spiro atoms. The highest BCUT2D eigenvalue weighted by Gasteiger charge is 2.64. The van der Waals surface area contributed by atoms with Crippen LogP contribution in [0, 0.1) is 0 Å². The van der Waals surface area contributed by atoms with Crippen molar-refractivity contribution >= 4 is 14.5 Å². The SMILES string of the molecule is CCCCCCCCCCCCCCCC(=O)NCCC[C@@H]1O[C@@H]2CO[Si](C(C)(C)C)(C(C)(C)C)O[C@H]2[C@H]1OC. The zero-order valence-electron chi connectivity index (χ0n) is 27.6. The Kier molecular flexibility index (Phi) is 15.7. The van der Waals surface area contributed by atoms with Gasteiger partial charge in [0.2, 0.25) is 5.91 Å². The predicted molar refractivity (Wildman–Crippen MR) is 168 cm³/mol. The summed E-state index contributed by atoms with van der Waals surface area (Å²) in [4.78, 5) is 12.3. The number of unbranched alkanes of at least 4 members (excludes halogenated alkanes) is 12. The van der Waals surface area contributed by atoms with Crippen LogP contribution in [0.2, 0.25) is 10.1 Å². The first-order valence-corrected chi connectivity index (χ1v) is 18.5. The Bertz CT molecular complexity index is 690. The average Bonchev–Trinajstić information content (AvgIpc) is 3.24. The van der Waals surface area contributed by atoms with Crippen LogP contribution in [0.3, 0.4) is 0 Å². The predicted octanol–water partition coefficient (Wildman–Crippen LogP) is 8.60. The van der Waals surface area contributed by atoms with Gasteiger partial charge in [0, 0.05) is 30.2 Å². The van der Waals surface area contributed by atoms with E-state index < -0.39 is 8.56 Å². The number of nitrogens with one attached hydrogen (secondary N) is 1. The molecule has 6 nitrogen and oxygen atoms in total. The molecule has 0 radical (unpaired) electrons. The van der Waals surface area contributed by atoms with Crippen LogP contribution in [0.1, 0.15) is 151 Å². The van der Waals surface area contributed by atoms with E-state index in [1.807, 2.05) is 0 Å². The van der Waals surface area contributed by atoms with Gasteiger partial charge < -0.3 is 23.6 Å². The van der Waals surface area contributed by atoms with E-state index in [-0.39, 0.29) is 40.4 Å². The van der Waals surface area contributed by atoms with E-state index in [4.69, 9.17) is 18.3 Å². The molecule has 2 saturated heterocycles. The van der Waals surface area contributed by atoms with E-state index in [2.05, 4.69) is 53.8 Å². The van der Waals surface area contributed by atoms with Crippen molar-refractivity contribution in [2.75, 3.05) is 20.3 Å². The van der Waals surface area contributed by atoms with Gasteiger partial charge in [-0.15, -0.1) is 0 Å². The fraction of sp³-hybridized carbons (Fsp3) is 0.970. The smallest absolute Gasteiger partial charge is 0.349 e. The Balaban J connectivity index is 1.58. The first-order chi connectivity index (χ1) is 19.0. The summed E-state index contributed by atoms with van der Waals surface area (Å²) >= 11 is 0. The van der Waals surface area contributed by atoms with Crippen LogP contribution in [0.4, 0.5) is 0 Å². The van der Waals surface area contributed by atoms with Gasteiger partial charge in [0.25, 0.3) is 0 Å². The molecule has 236 valence electrons. The maximum absolute atomic E-state index is 12.3. The molecule has 2 rings (SSSR count). The molecule has 0 bridgehead atoms. The second kappa shape index (κ2) is 17.6. The molecular weight excluding hydrogens is 518 g/mol. The van der Waals surface area contributed by atoms with Crippen LogP contribution in [-0.2, 0) is 23.1 Å². The van der Waals surface area contributed by atoms with E-state index in [9.17, 15) is 4.79 Å². The molecule has 4 atom stereocenters. The number of ether oxygens (including phenoxy) is 2. The normalized spacial score (nSPS) is 24.7. The Hall–Kier alpha value is -0.473. The van der Waals surface area contributed by atoms with Gasteiger partial charge in [-0.1, -0.05) is 126 Å². The van der Waals surface area contributed by atoms with Gasteiger partial charge in [-0.25, -0.2) is 0 Å². The van der Waals surface area contributed by atoms with Crippen LogP contribution in [0.5, 0.6) is 0 Å². The van der Waals surface area contributed by atoms with Gasteiger partial charge in [0.05, 0.1) is 12.7 Å². The summed E-state index contributed by atoms with van der Waals surface area (Å²) in [6.45, 7) is 16.9. The average molecular weight is 584 g/mol. The number of hydrogen-bond donors (Lipinski definition) is 1. The van der Waals surface area contributed by atoms with Crippen molar-refractivity contribution in [2.45, 2.75) is 186 Å². The minimum absolute atomic E-state index is 0.0358. The first kappa shape index (κ1) is 35.7. The molecule has 0 unspecified atom stereocenters. The third-order valence-corrected chi connectivity index (χ3v) is 14.0. The molecule has 40 heavy (non-hydrogen) atoms. The highest BCUT2D eigenvalue weighted by atomic mass is 28.4. The lowest BCUT2D eigenvalue weighted by Gasteiger charge is -2.53. The van der Waals surface area contributed by atoms with Gasteiger partial charge in [-0.2, -0.15) is 0 Å². The molecule has 0 saturated carbocycles. The van der Waals surface area contributed by atoms with Crippen molar-refractivity contribution in [3.8, 4) is 0 Å². The van der Waals surface area contributed by atoms with E-state index >= 15 is 0 Å². The lowest BCUT2D eigenvalue weighted by molar-refractivity contribution is -0.121. The van der Waals surface area contributed by atoms with Crippen molar-refractivity contribution < 1.29 is 23.1 Å². The van der Waals surface area contributed by atoms with Crippen molar-refractivity contribution in [3.63, 3.8) is 0 Å². The molecule has 0 aromatic rings. The first-order valence-electron chi connectivity index (χ1n) is 16.7. The lowest BCUT2D eigenvalue weighted by Crippen LogP contribution is -2.65. The maximum atomic E-state index is 12.3. The van der Waals surface area contributed by atoms with Crippen LogP contribution in [0.15, 0.2) is 0 Å². The van der Waals surface area contributed by atoms with Crippen molar-refractivity contribution in [2.24, 2.45) is 0 Å². The minimum Gasteiger partial charge on any atom is -0.391 e. The zero-order valence-corrected chi connectivity index (χ0v) is 28.6. The zero-order chi connectivity index (χ0) is 29.7. The molecule has 2 aliphatic rings. The van der Waals surface area contributed by atoms with Crippen molar-refractivity contribution in [3.05, 3.63) is 0 Å². The quantitative estimate of drug-likeness (QED) is 0.122. The number of amides is 1. The van der Waals surface area contributed by atoms with Gasteiger partial charge in [0.1, 0.15) is 18.3 Å². The summed E-state index contributed by atoms with van der Waals surface area (Å²) in [7, 11) is -0.804. The number of fused-ring (bicyclic) bond motifs is 1. The summed E-state index contributed by atoms with van der Waals surface area (Å²) in [5.74, 6) is 0.176. The Morgan fingerprint density at radius 3 is 1.85 bits per heavy atom. The van der Waals surface area contributed by atoms with E-state index in [1.54, 1.807) is 7.11 Å². The molecule has 2 fully saturated rings. The minimum atomic E-state index is -2.56. The van der Waals surface area contributed by atoms with Gasteiger partial charge in [-0.05, 0) is 19.3 Å². The molecular formula is C33H65NO5Si. The number of carbonyl (C=O) groups excluding carboxylic acids is 1. The maximum Gasteiger partial charge on any atom is 0.349 e.